The topological polar surface area (TPSA) is 44.1 Å². The first kappa shape index (κ1) is 14.1. The van der Waals surface area contributed by atoms with Crippen molar-refractivity contribution in [2.24, 2.45) is 0 Å². The number of hydrogen-bond acceptors (Lipinski definition) is 3. The highest BCUT2D eigenvalue weighted by Crippen LogP contribution is 2.23. The molecule has 0 saturated carbocycles. The van der Waals surface area contributed by atoms with Gasteiger partial charge in [-0.2, -0.15) is 5.10 Å². The van der Waals surface area contributed by atoms with Crippen LogP contribution in [0.5, 0.6) is 0 Å². The molecule has 0 unspecified atom stereocenters. The van der Waals surface area contributed by atoms with Crippen LogP contribution in [0.15, 0.2) is 42.6 Å². The average molecular weight is 270 g/mol. The highest BCUT2D eigenvalue weighted by Gasteiger charge is 2.20. The molecule has 0 saturated heterocycles. The third kappa shape index (κ3) is 2.64. The van der Waals surface area contributed by atoms with E-state index in [9.17, 15) is 4.79 Å². The number of benzene rings is 1. The zero-order valence-electron chi connectivity index (χ0n) is 12.0. The van der Waals surface area contributed by atoms with Crippen LogP contribution in [-0.4, -0.2) is 22.4 Å². The van der Waals surface area contributed by atoms with Crippen molar-refractivity contribution in [1.82, 2.24) is 9.78 Å². The summed E-state index contributed by atoms with van der Waals surface area (Å²) < 4.78 is 6.86. The molecule has 1 heterocycles. The van der Waals surface area contributed by atoms with Crippen LogP contribution in [0.4, 0.5) is 0 Å². The molecule has 4 nitrogen and oxygen atoms in total. The maximum absolute atomic E-state index is 12.0. The number of rotatable bonds is 4. The number of ether oxygens (including phenoxy) is 1. The highest BCUT2D eigenvalue weighted by molar-refractivity contribution is 5.94. The average Bonchev–Trinajstić information content (AvgIpc) is 2.92. The molecule has 2 aromatic rings. The van der Waals surface area contributed by atoms with Gasteiger partial charge in [-0.05, 0) is 38.5 Å². The van der Waals surface area contributed by atoms with E-state index < -0.39 is 0 Å². The Morgan fingerprint density at radius 2 is 2.05 bits per heavy atom. The van der Waals surface area contributed by atoms with Crippen molar-refractivity contribution in [1.29, 1.82) is 0 Å². The van der Waals surface area contributed by atoms with E-state index in [1.54, 1.807) is 17.8 Å². The Hall–Kier alpha value is -2.36. The molecule has 0 aliphatic carbocycles. The molecule has 0 radical (unpaired) electrons. The minimum absolute atomic E-state index is 0.342. The summed E-state index contributed by atoms with van der Waals surface area (Å²) in [5.41, 5.74) is 3.16. The van der Waals surface area contributed by atoms with E-state index in [0.29, 0.717) is 12.2 Å². The van der Waals surface area contributed by atoms with Crippen molar-refractivity contribution in [3.05, 3.63) is 53.9 Å². The van der Waals surface area contributed by atoms with E-state index in [1.807, 2.05) is 50.3 Å². The molecular weight excluding hydrogens is 252 g/mol. The molecule has 0 spiro atoms. The lowest BCUT2D eigenvalue weighted by Crippen LogP contribution is -2.08. The van der Waals surface area contributed by atoms with Crippen molar-refractivity contribution < 1.29 is 9.53 Å². The fourth-order valence-corrected chi connectivity index (χ4v) is 1.99. The Bertz CT molecular complexity index is 627. The fourth-order valence-electron chi connectivity index (χ4n) is 1.99. The third-order valence-corrected chi connectivity index (χ3v) is 3.07. The first-order chi connectivity index (χ1) is 9.69. The van der Waals surface area contributed by atoms with Crippen LogP contribution in [-0.2, 0) is 4.74 Å². The molecule has 1 aromatic carbocycles. The van der Waals surface area contributed by atoms with Crippen LogP contribution in [0.25, 0.3) is 11.3 Å². The maximum atomic E-state index is 12.0. The van der Waals surface area contributed by atoms with Crippen molar-refractivity contribution in [3.63, 3.8) is 0 Å². The second kappa shape index (κ2) is 6.19. The minimum atomic E-state index is -0.342. The second-order valence-corrected chi connectivity index (χ2v) is 4.35. The molecule has 1 aromatic heterocycles. The number of carbonyl (C=O) groups excluding carboxylic acids is 1. The summed E-state index contributed by atoms with van der Waals surface area (Å²) >= 11 is 0. The van der Waals surface area contributed by atoms with Gasteiger partial charge in [0.15, 0.2) is 0 Å². The van der Waals surface area contributed by atoms with Crippen molar-refractivity contribution >= 4 is 11.5 Å². The van der Waals surface area contributed by atoms with E-state index in [-0.39, 0.29) is 5.97 Å². The zero-order valence-corrected chi connectivity index (χ0v) is 12.0. The monoisotopic (exact) mass is 270 g/mol. The molecular formula is C16H18N2O2. The molecule has 0 amide bonds. The number of hydrogen-bond donors (Lipinski definition) is 0. The lowest BCUT2D eigenvalue weighted by molar-refractivity contribution is 0.0526. The minimum Gasteiger partial charge on any atom is -0.462 e. The number of carbonyl (C=O) groups is 1. The third-order valence-electron chi connectivity index (χ3n) is 3.07. The zero-order chi connectivity index (χ0) is 14.5. The van der Waals surface area contributed by atoms with E-state index in [4.69, 9.17) is 4.74 Å². The first-order valence-electron chi connectivity index (χ1n) is 6.62. The summed E-state index contributed by atoms with van der Waals surface area (Å²) in [7, 11) is 0. The van der Waals surface area contributed by atoms with Gasteiger partial charge in [-0.25, -0.2) is 9.48 Å². The first-order valence-corrected chi connectivity index (χ1v) is 6.62. The number of nitrogens with zero attached hydrogens (tertiary/aromatic N) is 2. The van der Waals surface area contributed by atoms with Gasteiger partial charge in [0.2, 0.25) is 0 Å². The Balaban J connectivity index is 2.57. The second-order valence-electron chi connectivity index (χ2n) is 4.35. The van der Waals surface area contributed by atoms with Gasteiger partial charge in [-0.3, -0.25) is 0 Å². The van der Waals surface area contributed by atoms with Gasteiger partial charge in [0.1, 0.15) is 5.56 Å². The van der Waals surface area contributed by atoms with Crippen LogP contribution in [0, 0.1) is 0 Å². The van der Waals surface area contributed by atoms with E-state index >= 15 is 0 Å². The number of allylic oxidation sites excluding steroid dienone is 2. The molecule has 0 aliphatic rings. The Morgan fingerprint density at radius 1 is 1.35 bits per heavy atom. The number of esters is 1. The summed E-state index contributed by atoms with van der Waals surface area (Å²) in [5.74, 6) is -0.342. The molecule has 20 heavy (non-hydrogen) atoms. The van der Waals surface area contributed by atoms with Crippen molar-refractivity contribution in [3.8, 4) is 5.69 Å². The molecule has 4 heteroatoms. The molecule has 104 valence electrons. The quantitative estimate of drug-likeness (QED) is 0.799. The molecule has 0 aliphatic heterocycles. The van der Waals surface area contributed by atoms with E-state index in [2.05, 4.69) is 5.10 Å². The summed E-state index contributed by atoms with van der Waals surface area (Å²) in [6.07, 6.45) is 3.52. The summed E-state index contributed by atoms with van der Waals surface area (Å²) in [6.45, 7) is 6.04. The predicted octanol–water partition coefficient (Wildman–Crippen LogP) is 3.47. The molecule has 0 bridgehead atoms. The summed E-state index contributed by atoms with van der Waals surface area (Å²) in [5, 5.41) is 4.33. The molecule has 0 N–H and O–H groups in total. The predicted molar refractivity (Wildman–Crippen MR) is 78.8 cm³/mol. The largest absolute Gasteiger partial charge is 0.462 e. The van der Waals surface area contributed by atoms with Gasteiger partial charge in [-0.1, -0.05) is 24.3 Å². The van der Waals surface area contributed by atoms with Gasteiger partial charge in [0, 0.05) is 0 Å². The van der Waals surface area contributed by atoms with Gasteiger partial charge in [0.05, 0.1) is 24.2 Å². The molecule has 0 fully saturated rings. The lowest BCUT2D eigenvalue weighted by Gasteiger charge is -2.09. The van der Waals surface area contributed by atoms with Crippen LogP contribution in [0.1, 0.15) is 36.8 Å². The standard InChI is InChI=1S/C16H18N2O2/c1-4-12(3)15-14(16(19)20-5-2)11-17-18(15)13-9-7-6-8-10-13/h4,6-11H,5H2,1-3H3/b12-4+. The maximum Gasteiger partial charge on any atom is 0.341 e. The lowest BCUT2D eigenvalue weighted by atomic mass is 10.1. The molecule has 0 atom stereocenters. The van der Waals surface area contributed by atoms with Crippen LogP contribution in [0.2, 0.25) is 0 Å². The summed E-state index contributed by atoms with van der Waals surface area (Å²) in [6, 6.07) is 9.73. The van der Waals surface area contributed by atoms with Gasteiger partial charge in [0.25, 0.3) is 0 Å². The van der Waals surface area contributed by atoms with Gasteiger partial charge < -0.3 is 4.74 Å². The highest BCUT2D eigenvalue weighted by atomic mass is 16.5. The Morgan fingerprint density at radius 3 is 2.65 bits per heavy atom. The van der Waals surface area contributed by atoms with Crippen molar-refractivity contribution in [2.75, 3.05) is 6.61 Å². The normalized spacial score (nSPS) is 11.4. The van der Waals surface area contributed by atoms with Crippen LogP contribution in [0.3, 0.4) is 0 Å². The van der Waals surface area contributed by atoms with Gasteiger partial charge in [-0.15, -0.1) is 0 Å². The van der Waals surface area contributed by atoms with Crippen LogP contribution >= 0.6 is 0 Å². The number of aromatic nitrogens is 2. The molecule has 2 rings (SSSR count). The summed E-state index contributed by atoms with van der Waals surface area (Å²) in [4.78, 5) is 12.0. The van der Waals surface area contributed by atoms with E-state index in [0.717, 1.165) is 17.0 Å². The van der Waals surface area contributed by atoms with E-state index in [1.165, 1.54) is 0 Å². The van der Waals surface area contributed by atoms with Crippen LogP contribution < -0.4 is 0 Å². The van der Waals surface area contributed by atoms with Crippen molar-refractivity contribution in [2.45, 2.75) is 20.8 Å². The Labute approximate surface area is 118 Å². The SMILES string of the molecule is C/C=C(\C)c1c(C(=O)OCC)cnn1-c1ccccc1. The fraction of sp³-hybridized carbons (Fsp3) is 0.250. The number of para-hydroxylation sites is 1. The van der Waals surface area contributed by atoms with Gasteiger partial charge >= 0.3 is 5.97 Å². The smallest absolute Gasteiger partial charge is 0.341 e. The Kier molecular flexibility index (Phi) is 4.35.